The molecule has 1 aromatic rings. The molecule has 23 heavy (non-hydrogen) atoms. The maximum atomic E-state index is 12.5. The molecule has 0 saturated carbocycles. The van der Waals surface area contributed by atoms with E-state index in [2.05, 4.69) is 10.6 Å². The van der Waals surface area contributed by atoms with Crippen molar-refractivity contribution in [2.24, 2.45) is 0 Å². The van der Waals surface area contributed by atoms with Crippen LogP contribution in [0.5, 0.6) is 5.75 Å². The van der Waals surface area contributed by atoms with Gasteiger partial charge in [-0.2, -0.15) is 0 Å². The molecule has 0 aliphatic carbocycles. The topological polar surface area (TPSA) is 87.7 Å². The van der Waals surface area contributed by atoms with Crippen molar-refractivity contribution < 1.29 is 19.4 Å². The lowest BCUT2D eigenvalue weighted by molar-refractivity contribution is -0.124. The second-order valence-electron chi connectivity index (χ2n) is 6.46. The van der Waals surface area contributed by atoms with Gasteiger partial charge in [0.2, 0.25) is 5.91 Å². The second-order valence-corrected chi connectivity index (χ2v) is 6.46. The molecule has 0 aliphatic heterocycles. The molecule has 0 saturated heterocycles. The van der Waals surface area contributed by atoms with Crippen molar-refractivity contribution in [3.05, 3.63) is 29.8 Å². The highest BCUT2D eigenvalue weighted by Crippen LogP contribution is 2.24. The summed E-state index contributed by atoms with van der Waals surface area (Å²) in [6, 6.07) is 5.32. The fraction of sp³-hybridized carbons (Fsp3) is 0.529. The highest BCUT2D eigenvalue weighted by molar-refractivity contribution is 5.87. The normalized spacial score (nSPS) is 13.8. The van der Waals surface area contributed by atoms with E-state index >= 15 is 0 Å². The number of hydrogen-bond acceptors (Lipinski definition) is 4. The number of ether oxygens (including phenoxy) is 1. The maximum absolute atomic E-state index is 12.5. The van der Waals surface area contributed by atoms with Crippen LogP contribution in [0.25, 0.3) is 0 Å². The van der Waals surface area contributed by atoms with Crippen LogP contribution in [-0.4, -0.2) is 28.7 Å². The van der Waals surface area contributed by atoms with Crippen LogP contribution in [0.2, 0.25) is 0 Å². The molecule has 2 amide bonds. The molecule has 0 fully saturated rings. The fourth-order valence-corrected chi connectivity index (χ4v) is 1.87. The molecule has 0 heterocycles. The second kappa shape index (κ2) is 7.85. The van der Waals surface area contributed by atoms with E-state index in [4.69, 9.17) is 4.74 Å². The highest BCUT2D eigenvalue weighted by Gasteiger charge is 2.28. The Morgan fingerprint density at radius 3 is 2.35 bits per heavy atom. The van der Waals surface area contributed by atoms with Gasteiger partial charge in [-0.15, -0.1) is 0 Å². The quantitative estimate of drug-likeness (QED) is 0.778. The van der Waals surface area contributed by atoms with Crippen molar-refractivity contribution in [1.82, 2.24) is 10.6 Å². The number of aromatic hydroxyl groups is 1. The molecule has 1 aromatic carbocycles. The van der Waals surface area contributed by atoms with E-state index in [1.54, 1.807) is 39.0 Å². The van der Waals surface area contributed by atoms with Crippen molar-refractivity contribution >= 4 is 12.0 Å². The number of hydrogen-bond donors (Lipinski definition) is 3. The van der Waals surface area contributed by atoms with E-state index in [-0.39, 0.29) is 11.8 Å². The van der Waals surface area contributed by atoms with Gasteiger partial charge in [0.1, 0.15) is 17.4 Å². The molecule has 2 atom stereocenters. The third-order valence-corrected chi connectivity index (χ3v) is 3.17. The van der Waals surface area contributed by atoms with Crippen LogP contribution in [0.15, 0.2) is 24.3 Å². The van der Waals surface area contributed by atoms with Crippen LogP contribution in [-0.2, 0) is 9.53 Å². The van der Waals surface area contributed by atoms with E-state index in [1.807, 2.05) is 13.8 Å². The van der Waals surface area contributed by atoms with E-state index in [0.717, 1.165) is 6.42 Å². The minimum Gasteiger partial charge on any atom is -0.508 e. The van der Waals surface area contributed by atoms with Crippen molar-refractivity contribution in [3.8, 4) is 5.75 Å². The first kappa shape index (κ1) is 18.8. The van der Waals surface area contributed by atoms with Gasteiger partial charge in [-0.05, 0) is 40.2 Å². The fourth-order valence-electron chi connectivity index (χ4n) is 1.87. The molecule has 0 aromatic heterocycles. The number of alkyl carbamates (subject to hydrolysis) is 1. The van der Waals surface area contributed by atoms with Gasteiger partial charge in [-0.25, -0.2) is 4.79 Å². The van der Waals surface area contributed by atoms with Gasteiger partial charge < -0.3 is 20.5 Å². The Morgan fingerprint density at radius 2 is 1.83 bits per heavy atom. The highest BCUT2D eigenvalue weighted by atomic mass is 16.6. The lowest BCUT2D eigenvalue weighted by atomic mass is 10.0. The molecule has 6 nitrogen and oxygen atoms in total. The molecule has 1 rings (SSSR count). The first-order valence-corrected chi connectivity index (χ1v) is 7.71. The number of benzene rings is 1. The van der Waals surface area contributed by atoms with Crippen LogP contribution >= 0.6 is 0 Å². The van der Waals surface area contributed by atoms with E-state index in [9.17, 15) is 14.7 Å². The van der Waals surface area contributed by atoms with Crippen LogP contribution < -0.4 is 10.6 Å². The summed E-state index contributed by atoms with van der Waals surface area (Å²) in [7, 11) is 0. The van der Waals surface area contributed by atoms with Gasteiger partial charge in [0.25, 0.3) is 0 Å². The van der Waals surface area contributed by atoms with Crippen LogP contribution in [0.1, 0.15) is 52.6 Å². The first-order valence-electron chi connectivity index (χ1n) is 7.71. The number of amides is 2. The van der Waals surface area contributed by atoms with Crippen molar-refractivity contribution in [3.63, 3.8) is 0 Å². The summed E-state index contributed by atoms with van der Waals surface area (Å²) in [5.41, 5.74) is -0.361. The molecule has 0 unspecified atom stereocenters. The standard InChI is InChI=1S/C17H26N2O4/c1-6-11(2)18-15(21)14(12-9-7-8-10-13(12)20)19-16(22)23-17(3,4)5/h7-11,14,20H,6H2,1-5H3,(H,18,21)(H,19,22)/t11-,14+/m0/s1. The zero-order valence-corrected chi connectivity index (χ0v) is 14.3. The average molecular weight is 322 g/mol. The number of rotatable bonds is 5. The third kappa shape index (κ3) is 6.18. The molecule has 0 aliphatic rings. The van der Waals surface area contributed by atoms with E-state index < -0.39 is 23.6 Å². The summed E-state index contributed by atoms with van der Waals surface area (Å²) in [4.78, 5) is 24.5. The number of carbonyl (C=O) groups excluding carboxylic acids is 2. The van der Waals surface area contributed by atoms with Crippen molar-refractivity contribution in [2.75, 3.05) is 0 Å². The minimum atomic E-state index is -1.03. The van der Waals surface area contributed by atoms with Gasteiger partial charge in [-0.1, -0.05) is 25.1 Å². The molecular formula is C17H26N2O4. The summed E-state index contributed by atoms with van der Waals surface area (Å²) in [5.74, 6) is -0.459. The summed E-state index contributed by atoms with van der Waals surface area (Å²) in [6.07, 6.45) is 0.0381. The molecule has 0 radical (unpaired) electrons. The van der Waals surface area contributed by atoms with Gasteiger partial charge >= 0.3 is 6.09 Å². The van der Waals surface area contributed by atoms with Crippen LogP contribution in [0.3, 0.4) is 0 Å². The van der Waals surface area contributed by atoms with Gasteiger partial charge in [0.05, 0.1) is 0 Å². The summed E-state index contributed by atoms with van der Waals surface area (Å²) in [5, 5.41) is 15.3. The van der Waals surface area contributed by atoms with E-state index in [0.29, 0.717) is 5.56 Å². The minimum absolute atomic E-state index is 0.0451. The first-order chi connectivity index (χ1) is 10.6. The predicted molar refractivity (Wildman–Crippen MR) is 88.1 cm³/mol. The summed E-state index contributed by atoms with van der Waals surface area (Å²) < 4.78 is 5.20. The lowest BCUT2D eigenvalue weighted by Crippen LogP contribution is -2.44. The molecule has 3 N–H and O–H groups in total. The van der Waals surface area contributed by atoms with Gasteiger partial charge in [0.15, 0.2) is 0 Å². The van der Waals surface area contributed by atoms with Crippen LogP contribution in [0, 0.1) is 0 Å². The Bertz CT molecular complexity index is 552. The number of para-hydroxylation sites is 1. The van der Waals surface area contributed by atoms with Gasteiger partial charge in [0, 0.05) is 11.6 Å². The summed E-state index contributed by atoms with van der Waals surface area (Å²) in [6.45, 7) is 9.02. The number of phenols is 1. The average Bonchev–Trinajstić information content (AvgIpc) is 2.43. The molecule has 0 bridgehead atoms. The van der Waals surface area contributed by atoms with E-state index in [1.165, 1.54) is 6.07 Å². The van der Waals surface area contributed by atoms with Crippen molar-refractivity contribution in [2.45, 2.75) is 58.7 Å². The molecule has 6 heteroatoms. The zero-order valence-electron chi connectivity index (χ0n) is 14.3. The zero-order chi connectivity index (χ0) is 17.6. The largest absolute Gasteiger partial charge is 0.508 e. The third-order valence-electron chi connectivity index (χ3n) is 3.17. The number of phenolic OH excluding ortho intramolecular Hbond substituents is 1. The Morgan fingerprint density at radius 1 is 1.22 bits per heavy atom. The molecule has 128 valence electrons. The predicted octanol–water partition coefficient (Wildman–Crippen LogP) is 2.87. The Balaban J connectivity index is 3.00. The SMILES string of the molecule is CC[C@H](C)NC(=O)[C@H](NC(=O)OC(C)(C)C)c1ccccc1O. The summed E-state index contributed by atoms with van der Waals surface area (Å²) >= 11 is 0. The molecular weight excluding hydrogens is 296 g/mol. The Hall–Kier alpha value is -2.24. The Kier molecular flexibility index (Phi) is 6.42. The lowest BCUT2D eigenvalue weighted by Gasteiger charge is -2.25. The van der Waals surface area contributed by atoms with Crippen LogP contribution in [0.4, 0.5) is 4.79 Å². The van der Waals surface area contributed by atoms with Crippen molar-refractivity contribution in [1.29, 1.82) is 0 Å². The Labute approximate surface area is 137 Å². The smallest absolute Gasteiger partial charge is 0.408 e. The maximum Gasteiger partial charge on any atom is 0.408 e. The number of nitrogens with one attached hydrogen (secondary N) is 2. The number of carbonyl (C=O) groups is 2. The monoisotopic (exact) mass is 322 g/mol. The van der Waals surface area contributed by atoms with Gasteiger partial charge in [-0.3, -0.25) is 4.79 Å². The molecule has 0 spiro atoms.